The van der Waals surface area contributed by atoms with Crippen molar-refractivity contribution in [3.05, 3.63) is 23.9 Å². The second-order valence-corrected chi connectivity index (χ2v) is 4.30. The van der Waals surface area contributed by atoms with E-state index in [1.54, 1.807) is 23.2 Å². The molecule has 1 aromatic heterocycles. The molecule has 0 aromatic carbocycles. The van der Waals surface area contributed by atoms with Gasteiger partial charge in [-0.05, 0) is 26.0 Å². The number of nitrogens with zero attached hydrogens (tertiary/aromatic N) is 2. The van der Waals surface area contributed by atoms with Crippen LogP contribution in [-0.4, -0.2) is 41.7 Å². The third kappa shape index (κ3) is 3.94. The molecular formula is C13H18N2O4. The van der Waals surface area contributed by atoms with Crippen LogP contribution in [0.15, 0.2) is 18.3 Å². The molecule has 6 heteroatoms. The predicted octanol–water partition coefficient (Wildman–Crippen LogP) is 1.56. The normalized spacial score (nSPS) is 10.3. The Morgan fingerprint density at radius 2 is 2.16 bits per heavy atom. The van der Waals surface area contributed by atoms with E-state index in [4.69, 9.17) is 9.84 Å². The number of esters is 1. The zero-order valence-corrected chi connectivity index (χ0v) is 11.3. The van der Waals surface area contributed by atoms with E-state index >= 15 is 0 Å². The summed E-state index contributed by atoms with van der Waals surface area (Å²) in [6, 6.07) is 3.29. The summed E-state index contributed by atoms with van der Waals surface area (Å²) >= 11 is 0. The molecule has 0 aliphatic carbocycles. The summed E-state index contributed by atoms with van der Waals surface area (Å²) < 4.78 is 4.71. The fourth-order valence-electron chi connectivity index (χ4n) is 1.72. The molecule has 6 nitrogen and oxygen atoms in total. The maximum atomic E-state index is 11.7. The van der Waals surface area contributed by atoms with E-state index in [-0.39, 0.29) is 19.0 Å². The van der Waals surface area contributed by atoms with Crippen molar-refractivity contribution in [1.82, 2.24) is 4.98 Å². The number of ether oxygens (including phenoxy) is 1. The van der Waals surface area contributed by atoms with Crippen LogP contribution in [0.25, 0.3) is 0 Å². The van der Waals surface area contributed by atoms with Crippen molar-refractivity contribution in [2.45, 2.75) is 26.3 Å². The van der Waals surface area contributed by atoms with Gasteiger partial charge in [-0.25, -0.2) is 9.78 Å². The SMILES string of the molecule is COC(=O)c1cccnc1N(CCC(=O)O)C(C)C. The van der Waals surface area contributed by atoms with Crippen LogP contribution in [0.3, 0.4) is 0 Å². The van der Waals surface area contributed by atoms with Crippen LogP contribution in [0.2, 0.25) is 0 Å². The van der Waals surface area contributed by atoms with Gasteiger partial charge < -0.3 is 14.7 Å². The molecule has 1 rings (SSSR count). The highest BCUT2D eigenvalue weighted by Crippen LogP contribution is 2.20. The molecule has 19 heavy (non-hydrogen) atoms. The van der Waals surface area contributed by atoms with Gasteiger partial charge in [0.25, 0.3) is 0 Å². The van der Waals surface area contributed by atoms with E-state index < -0.39 is 11.9 Å². The van der Waals surface area contributed by atoms with Crippen molar-refractivity contribution >= 4 is 17.8 Å². The van der Waals surface area contributed by atoms with Gasteiger partial charge in [0.2, 0.25) is 0 Å². The number of carbonyl (C=O) groups excluding carboxylic acids is 1. The lowest BCUT2D eigenvalue weighted by Crippen LogP contribution is -2.35. The number of carbonyl (C=O) groups is 2. The average molecular weight is 266 g/mol. The molecule has 0 aliphatic heterocycles. The van der Waals surface area contributed by atoms with Crippen LogP contribution >= 0.6 is 0 Å². The maximum absolute atomic E-state index is 11.7. The smallest absolute Gasteiger partial charge is 0.341 e. The number of methoxy groups -OCH3 is 1. The largest absolute Gasteiger partial charge is 0.481 e. The number of anilines is 1. The van der Waals surface area contributed by atoms with Gasteiger partial charge in [0.1, 0.15) is 11.4 Å². The summed E-state index contributed by atoms with van der Waals surface area (Å²) in [5.74, 6) is -0.920. The molecule has 0 saturated carbocycles. The van der Waals surface area contributed by atoms with Crippen LogP contribution in [-0.2, 0) is 9.53 Å². The minimum Gasteiger partial charge on any atom is -0.481 e. The predicted molar refractivity (Wildman–Crippen MR) is 70.3 cm³/mol. The van der Waals surface area contributed by atoms with E-state index in [1.807, 2.05) is 13.8 Å². The monoisotopic (exact) mass is 266 g/mol. The van der Waals surface area contributed by atoms with Gasteiger partial charge in [0, 0.05) is 18.8 Å². The standard InChI is InChI=1S/C13H18N2O4/c1-9(2)15(8-6-11(16)17)12-10(13(18)19-3)5-4-7-14-12/h4-5,7,9H,6,8H2,1-3H3,(H,16,17). The van der Waals surface area contributed by atoms with Gasteiger partial charge >= 0.3 is 11.9 Å². The van der Waals surface area contributed by atoms with Gasteiger partial charge in [0.15, 0.2) is 0 Å². The number of pyridine rings is 1. The number of rotatable bonds is 6. The molecule has 0 unspecified atom stereocenters. The van der Waals surface area contributed by atoms with Crippen molar-refractivity contribution in [3.63, 3.8) is 0 Å². The van der Waals surface area contributed by atoms with E-state index in [0.29, 0.717) is 11.4 Å². The fraction of sp³-hybridized carbons (Fsp3) is 0.462. The molecule has 1 heterocycles. The lowest BCUT2D eigenvalue weighted by atomic mass is 10.2. The second kappa shape index (κ2) is 6.72. The minimum atomic E-state index is -0.888. The van der Waals surface area contributed by atoms with Crippen LogP contribution in [0.1, 0.15) is 30.6 Å². The lowest BCUT2D eigenvalue weighted by molar-refractivity contribution is -0.136. The number of carboxylic acid groups (broad SMARTS) is 1. The number of aliphatic carboxylic acids is 1. The Kier molecular flexibility index (Phi) is 5.29. The van der Waals surface area contributed by atoms with Gasteiger partial charge in [-0.3, -0.25) is 4.79 Å². The van der Waals surface area contributed by atoms with Crippen LogP contribution in [0.5, 0.6) is 0 Å². The molecule has 0 aliphatic rings. The third-order valence-electron chi connectivity index (χ3n) is 2.65. The van der Waals surface area contributed by atoms with Crippen molar-refractivity contribution < 1.29 is 19.4 Å². The van der Waals surface area contributed by atoms with Crippen molar-refractivity contribution in [3.8, 4) is 0 Å². The summed E-state index contributed by atoms with van der Waals surface area (Å²) in [7, 11) is 1.30. The molecule has 0 radical (unpaired) electrons. The lowest BCUT2D eigenvalue weighted by Gasteiger charge is -2.28. The Bertz CT molecular complexity index is 460. The molecule has 0 spiro atoms. The zero-order chi connectivity index (χ0) is 14.4. The quantitative estimate of drug-likeness (QED) is 0.787. The molecule has 0 bridgehead atoms. The van der Waals surface area contributed by atoms with Crippen molar-refractivity contribution in [2.24, 2.45) is 0 Å². The first kappa shape index (κ1) is 14.9. The third-order valence-corrected chi connectivity index (χ3v) is 2.65. The average Bonchev–Trinajstić information content (AvgIpc) is 2.38. The Labute approximate surface area is 112 Å². The second-order valence-electron chi connectivity index (χ2n) is 4.30. The maximum Gasteiger partial charge on any atom is 0.341 e. The van der Waals surface area contributed by atoms with Gasteiger partial charge in [-0.2, -0.15) is 0 Å². The van der Waals surface area contributed by atoms with Gasteiger partial charge in [-0.1, -0.05) is 0 Å². The molecule has 1 N–H and O–H groups in total. The highest BCUT2D eigenvalue weighted by molar-refractivity contribution is 5.94. The number of hydrogen-bond acceptors (Lipinski definition) is 5. The first-order valence-electron chi connectivity index (χ1n) is 5.99. The molecule has 0 atom stereocenters. The topological polar surface area (TPSA) is 79.7 Å². The number of carboxylic acids is 1. The summed E-state index contributed by atoms with van der Waals surface area (Å²) in [5.41, 5.74) is 0.337. The molecule has 104 valence electrons. The fourth-order valence-corrected chi connectivity index (χ4v) is 1.72. The molecule has 0 saturated heterocycles. The van der Waals surface area contributed by atoms with E-state index in [1.165, 1.54) is 7.11 Å². The Hall–Kier alpha value is -2.11. The highest BCUT2D eigenvalue weighted by atomic mass is 16.5. The van der Waals surface area contributed by atoms with Crippen LogP contribution < -0.4 is 4.90 Å². The molecule has 1 aromatic rings. The van der Waals surface area contributed by atoms with Gasteiger partial charge in [0.05, 0.1) is 13.5 Å². The summed E-state index contributed by atoms with van der Waals surface area (Å²) in [5, 5.41) is 8.78. The Morgan fingerprint density at radius 1 is 1.47 bits per heavy atom. The summed E-state index contributed by atoms with van der Waals surface area (Å²) in [6.07, 6.45) is 1.55. The van der Waals surface area contributed by atoms with E-state index in [2.05, 4.69) is 4.98 Å². The van der Waals surface area contributed by atoms with Gasteiger partial charge in [-0.15, -0.1) is 0 Å². The molecule has 0 amide bonds. The van der Waals surface area contributed by atoms with Crippen LogP contribution in [0.4, 0.5) is 5.82 Å². The van der Waals surface area contributed by atoms with E-state index in [0.717, 1.165) is 0 Å². The van der Waals surface area contributed by atoms with Crippen molar-refractivity contribution in [2.75, 3.05) is 18.6 Å². The molecule has 0 fully saturated rings. The minimum absolute atomic E-state index is 0.0185. The number of hydrogen-bond donors (Lipinski definition) is 1. The highest BCUT2D eigenvalue weighted by Gasteiger charge is 2.20. The van der Waals surface area contributed by atoms with Crippen molar-refractivity contribution in [1.29, 1.82) is 0 Å². The Morgan fingerprint density at radius 3 is 2.68 bits per heavy atom. The molecular weight excluding hydrogens is 248 g/mol. The first-order chi connectivity index (χ1) is 8.97. The van der Waals surface area contributed by atoms with E-state index in [9.17, 15) is 9.59 Å². The zero-order valence-electron chi connectivity index (χ0n) is 11.3. The summed E-state index contributed by atoms with van der Waals surface area (Å²) in [6.45, 7) is 4.11. The van der Waals surface area contributed by atoms with Crippen LogP contribution in [0, 0.1) is 0 Å². The first-order valence-corrected chi connectivity index (χ1v) is 5.99. The number of aromatic nitrogens is 1. The summed E-state index contributed by atoms with van der Waals surface area (Å²) in [4.78, 5) is 28.3. The Balaban J connectivity index is 3.08.